The first-order chi connectivity index (χ1) is 8.93. The minimum Gasteiger partial charge on any atom is -1.00 e. The first-order valence-corrected chi connectivity index (χ1v) is 6.86. The molecule has 3 aromatic carbocycles. The van der Waals surface area contributed by atoms with Crippen LogP contribution in [0.15, 0.2) is 48.5 Å². The SMILES string of the molecule is [Cl-].[Cl-].[Cl-].[Cl-].[Hf+4].c1ccc2c(c1)ccc1c3c(ccc12)CCCC3. The van der Waals surface area contributed by atoms with Gasteiger partial charge in [0.15, 0.2) is 0 Å². The molecule has 0 atom stereocenters. The van der Waals surface area contributed by atoms with Crippen LogP contribution < -0.4 is 49.6 Å². The molecule has 3 aromatic rings. The maximum Gasteiger partial charge on any atom is 4.00 e. The summed E-state index contributed by atoms with van der Waals surface area (Å²) in [4.78, 5) is 0. The van der Waals surface area contributed by atoms with Crippen molar-refractivity contribution in [1.82, 2.24) is 0 Å². The zero-order valence-electron chi connectivity index (χ0n) is 12.5. The number of fused-ring (bicyclic) bond motifs is 5. The van der Waals surface area contributed by atoms with Crippen LogP contribution in [0.5, 0.6) is 0 Å². The van der Waals surface area contributed by atoms with E-state index < -0.39 is 0 Å². The number of rotatable bonds is 0. The van der Waals surface area contributed by atoms with Gasteiger partial charge in [-0.1, -0.05) is 48.5 Å². The van der Waals surface area contributed by atoms with Gasteiger partial charge in [0.2, 0.25) is 0 Å². The van der Waals surface area contributed by atoms with Gasteiger partial charge in [0.25, 0.3) is 0 Å². The predicted octanol–water partition coefficient (Wildman–Crippen LogP) is -7.11. The third-order valence-electron chi connectivity index (χ3n) is 4.26. The summed E-state index contributed by atoms with van der Waals surface area (Å²) in [6.07, 6.45) is 5.22. The number of hydrogen-bond acceptors (Lipinski definition) is 0. The van der Waals surface area contributed by atoms with E-state index in [4.69, 9.17) is 0 Å². The topological polar surface area (TPSA) is 0 Å². The van der Waals surface area contributed by atoms with Crippen molar-refractivity contribution in [2.75, 3.05) is 0 Å². The first kappa shape index (κ1) is 25.5. The van der Waals surface area contributed by atoms with Crippen LogP contribution in [0.4, 0.5) is 0 Å². The van der Waals surface area contributed by atoms with Crippen molar-refractivity contribution in [3.05, 3.63) is 59.7 Å². The molecule has 120 valence electrons. The number of aryl methyl sites for hydroxylation is 2. The summed E-state index contributed by atoms with van der Waals surface area (Å²) in [5, 5.41) is 5.64. The van der Waals surface area contributed by atoms with Gasteiger partial charge in [-0.15, -0.1) is 0 Å². The summed E-state index contributed by atoms with van der Waals surface area (Å²) < 4.78 is 0. The Morgan fingerprint density at radius 2 is 1.22 bits per heavy atom. The molecule has 23 heavy (non-hydrogen) atoms. The van der Waals surface area contributed by atoms with Crippen LogP contribution in [0.1, 0.15) is 24.0 Å². The van der Waals surface area contributed by atoms with Gasteiger partial charge in [-0.3, -0.25) is 0 Å². The molecule has 0 heterocycles. The molecule has 0 saturated heterocycles. The maximum atomic E-state index is 2.35. The van der Waals surface area contributed by atoms with Crippen LogP contribution in [0.25, 0.3) is 21.5 Å². The Kier molecular flexibility index (Phi) is 12.1. The van der Waals surface area contributed by atoms with Gasteiger partial charge in [-0.2, -0.15) is 0 Å². The van der Waals surface area contributed by atoms with E-state index in [0.29, 0.717) is 0 Å². The van der Waals surface area contributed by atoms with E-state index >= 15 is 0 Å². The van der Waals surface area contributed by atoms with E-state index in [0.717, 1.165) is 0 Å². The molecular formula is C18H16Cl4Hf. The molecule has 1 aliphatic carbocycles. The fourth-order valence-corrected chi connectivity index (χ4v) is 3.34. The van der Waals surface area contributed by atoms with E-state index in [-0.39, 0.29) is 75.5 Å². The van der Waals surface area contributed by atoms with Crippen molar-refractivity contribution in [2.24, 2.45) is 0 Å². The molecular weight excluding hydrogens is 537 g/mol. The summed E-state index contributed by atoms with van der Waals surface area (Å²) in [7, 11) is 0. The summed E-state index contributed by atoms with van der Waals surface area (Å²) >= 11 is 0. The Balaban J connectivity index is 0. The molecule has 0 radical (unpaired) electrons. The second kappa shape index (κ2) is 10.9. The van der Waals surface area contributed by atoms with Crippen LogP contribution in [-0.4, -0.2) is 0 Å². The van der Waals surface area contributed by atoms with Crippen LogP contribution in [0, 0.1) is 0 Å². The van der Waals surface area contributed by atoms with E-state index in [2.05, 4.69) is 48.5 Å². The van der Waals surface area contributed by atoms with Crippen molar-refractivity contribution in [3.8, 4) is 0 Å². The summed E-state index contributed by atoms with van der Waals surface area (Å²) in [5.41, 5.74) is 3.17. The molecule has 5 heteroatoms. The van der Waals surface area contributed by atoms with Gasteiger partial charge in [0, 0.05) is 0 Å². The minimum atomic E-state index is 0. The Morgan fingerprint density at radius 1 is 0.565 bits per heavy atom. The van der Waals surface area contributed by atoms with Crippen LogP contribution in [0.3, 0.4) is 0 Å². The third-order valence-corrected chi connectivity index (χ3v) is 4.26. The molecule has 0 fully saturated rings. The van der Waals surface area contributed by atoms with Gasteiger partial charge in [0.05, 0.1) is 0 Å². The smallest absolute Gasteiger partial charge is 1.00 e. The van der Waals surface area contributed by atoms with Crippen LogP contribution >= 0.6 is 0 Å². The van der Waals surface area contributed by atoms with Crippen molar-refractivity contribution >= 4 is 21.5 Å². The second-order valence-electron chi connectivity index (χ2n) is 5.29. The van der Waals surface area contributed by atoms with Crippen molar-refractivity contribution < 1.29 is 75.5 Å². The van der Waals surface area contributed by atoms with Crippen LogP contribution in [-0.2, 0) is 38.7 Å². The molecule has 0 unspecified atom stereocenters. The fraction of sp³-hybridized carbons (Fsp3) is 0.222. The molecule has 0 amide bonds. The summed E-state index contributed by atoms with van der Waals surface area (Å²) in [6, 6.07) is 18.0. The van der Waals surface area contributed by atoms with E-state index in [1.807, 2.05) is 0 Å². The Labute approximate surface area is 181 Å². The van der Waals surface area contributed by atoms with Crippen molar-refractivity contribution in [1.29, 1.82) is 0 Å². The monoisotopic (exact) mass is 552 g/mol. The molecule has 0 saturated carbocycles. The zero-order valence-corrected chi connectivity index (χ0v) is 19.1. The van der Waals surface area contributed by atoms with E-state index in [1.165, 1.54) is 47.2 Å². The largest absolute Gasteiger partial charge is 4.00 e. The fourth-order valence-electron chi connectivity index (χ4n) is 3.34. The zero-order chi connectivity index (χ0) is 11.9. The normalized spacial score (nSPS) is 11.7. The van der Waals surface area contributed by atoms with Gasteiger partial charge in [-0.25, -0.2) is 0 Å². The standard InChI is InChI=1S/C18H16.4ClH.Hf/c1-3-7-15-13(5-1)9-11-18-16-8-4-2-6-14(16)10-12-17(15)18;;;;;/h1,3,5,7,9-12H,2,4,6,8H2;4*1H;/q;;;;;+4/p-4. The second-order valence-corrected chi connectivity index (χ2v) is 5.29. The predicted molar refractivity (Wildman–Crippen MR) is 78.1 cm³/mol. The maximum absolute atomic E-state index is 2.35. The van der Waals surface area contributed by atoms with Crippen LogP contribution in [0.2, 0.25) is 0 Å². The quantitative estimate of drug-likeness (QED) is 0.192. The molecule has 0 nitrogen and oxygen atoms in total. The van der Waals surface area contributed by atoms with Gasteiger partial charge in [-0.05, 0) is 58.4 Å². The number of halogens is 4. The van der Waals surface area contributed by atoms with Gasteiger partial charge < -0.3 is 49.6 Å². The minimum absolute atomic E-state index is 0. The molecule has 0 aromatic heterocycles. The Morgan fingerprint density at radius 3 is 2.00 bits per heavy atom. The summed E-state index contributed by atoms with van der Waals surface area (Å²) in [5.74, 6) is 0. The van der Waals surface area contributed by atoms with E-state index in [9.17, 15) is 0 Å². The average molecular weight is 553 g/mol. The van der Waals surface area contributed by atoms with Gasteiger partial charge >= 0.3 is 25.8 Å². The van der Waals surface area contributed by atoms with Crippen molar-refractivity contribution in [2.45, 2.75) is 25.7 Å². The van der Waals surface area contributed by atoms with Gasteiger partial charge in [0.1, 0.15) is 0 Å². The molecule has 0 spiro atoms. The average Bonchev–Trinajstić information content (AvgIpc) is 2.46. The molecule has 1 aliphatic rings. The first-order valence-electron chi connectivity index (χ1n) is 6.86. The number of hydrogen-bond donors (Lipinski definition) is 0. The molecule has 0 aliphatic heterocycles. The molecule has 4 rings (SSSR count). The molecule has 0 N–H and O–H groups in total. The third kappa shape index (κ3) is 4.64. The van der Waals surface area contributed by atoms with Crippen molar-refractivity contribution in [3.63, 3.8) is 0 Å². The number of benzene rings is 3. The Bertz CT molecular complexity index is 758. The Hall–Kier alpha value is 0.210. The molecule has 0 bridgehead atoms. The summed E-state index contributed by atoms with van der Waals surface area (Å²) in [6.45, 7) is 0. The van der Waals surface area contributed by atoms with E-state index in [1.54, 1.807) is 11.1 Å².